The lowest BCUT2D eigenvalue weighted by molar-refractivity contribution is 0.354. The average Bonchev–Trinajstić information content (AvgIpc) is 2.77. The number of ether oxygens (including phenoxy) is 2. The fourth-order valence-corrected chi connectivity index (χ4v) is 2.01. The summed E-state index contributed by atoms with van der Waals surface area (Å²) in [6, 6.07) is 5.90. The van der Waals surface area contributed by atoms with Gasteiger partial charge in [-0.2, -0.15) is 5.10 Å². The highest BCUT2D eigenvalue weighted by atomic mass is 16.5. The van der Waals surface area contributed by atoms with Gasteiger partial charge >= 0.3 is 0 Å². The molecule has 0 bridgehead atoms. The lowest BCUT2D eigenvalue weighted by Crippen LogP contribution is -2.07. The predicted octanol–water partition coefficient (Wildman–Crippen LogP) is 1.67. The van der Waals surface area contributed by atoms with E-state index in [4.69, 9.17) is 15.2 Å². The molecule has 0 radical (unpaired) electrons. The zero-order chi connectivity index (χ0) is 14.5. The molecule has 20 heavy (non-hydrogen) atoms. The van der Waals surface area contributed by atoms with Crippen LogP contribution in [0.3, 0.4) is 0 Å². The van der Waals surface area contributed by atoms with Crippen molar-refractivity contribution in [3.63, 3.8) is 0 Å². The number of aryl methyl sites for hydroxylation is 1. The highest BCUT2D eigenvalue weighted by Crippen LogP contribution is 2.27. The Morgan fingerprint density at radius 2 is 2.00 bits per heavy atom. The highest BCUT2D eigenvalue weighted by molar-refractivity contribution is 5.59. The summed E-state index contributed by atoms with van der Waals surface area (Å²) >= 11 is 0. The molecule has 2 aromatic rings. The van der Waals surface area contributed by atoms with Crippen molar-refractivity contribution in [1.82, 2.24) is 9.78 Å². The van der Waals surface area contributed by atoms with Crippen LogP contribution in [0.1, 0.15) is 5.56 Å². The second-order valence-electron chi connectivity index (χ2n) is 4.47. The van der Waals surface area contributed by atoms with E-state index >= 15 is 0 Å². The van der Waals surface area contributed by atoms with Crippen LogP contribution in [-0.4, -0.2) is 30.5 Å². The van der Waals surface area contributed by atoms with Crippen LogP contribution in [0.15, 0.2) is 24.4 Å². The van der Waals surface area contributed by atoms with Gasteiger partial charge in [0.2, 0.25) is 0 Å². The number of rotatable bonds is 6. The molecule has 6 nitrogen and oxygen atoms in total. The van der Waals surface area contributed by atoms with E-state index in [-0.39, 0.29) is 0 Å². The molecule has 1 aromatic carbocycles. The van der Waals surface area contributed by atoms with Gasteiger partial charge in [-0.1, -0.05) is 6.07 Å². The molecule has 0 fully saturated rings. The summed E-state index contributed by atoms with van der Waals surface area (Å²) in [6.07, 6.45) is 2.62. The topological polar surface area (TPSA) is 74.3 Å². The second kappa shape index (κ2) is 6.18. The predicted molar refractivity (Wildman–Crippen MR) is 79.4 cm³/mol. The molecule has 0 aliphatic heterocycles. The van der Waals surface area contributed by atoms with Crippen LogP contribution in [0, 0.1) is 0 Å². The van der Waals surface area contributed by atoms with Gasteiger partial charge in [0.15, 0.2) is 17.3 Å². The van der Waals surface area contributed by atoms with E-state index in [1.54, 1.807) is 25.1 Å². The minimum absolute atomic E-state index is 0.653. The quantitative estimate of drug-likeness (QED) is 0.839. The molecule has 0 saturated carbocycles. The molecule has 0 amide bonds. The minimum Gasteiger partial charge on any atom is -0.493 e. The number of nitrogen functional groups attached to an aromatic ring is 1. The van der Waals surface area contributed by atoms with E-state index in [0.717, 1.165) is 30.0 Å². The number of anilines is 2. The lowest BCUT2D eigenvalue weighted by Gasteiger charge is -2.10. The van der Waals surface area contributed by atoms with Gasteiger partial charge in [0.25, 0.3) is 0 Å². The molecule has 0 atom stereocenters. The molecule has 6 heteroatoms. The number of hydrogen-bond acceptors (Lipinski definition) is 5. The van der Waals surface area contributed by atoms with Crippen molar-refractivity contribution < 1.29 is 9.47 Å². The van der Waals surface area contributed by atoms with Crippen molar-refractivity contribution >= 4 is 11.5 Å². The fourth-order valence-electron chi connectivity index (χ4n) is 2.01. The molecule has 108 valence electrons. The van der Waals surface area contributed by atoms with Crippen LogP contribution in [0.4, 0.5) is 11.5 Å². The van der Waals surface area contributed by atoms with Crippen LogP contribution in [0.5, 0.6) is 11.5 Å². The zero-order valence-corrected chi connectivity index (χ0v) is 12.0. The van der Waals surface area contributed by atoms with Gasteiger partial charge < -0.3 is 20.5 Å². The van der Waals surface area contributed by atoms with E-state index in [9.17, 15) is 0 Å². The Balaban J connectivity index is 1.95. The zero-order valence-electron chi connectivity index (χ0n) is 12.0. The summed E-state index contributed by atoms with van der Waals surface area (Å²) < 4.78 is 12.2. The van der Waals surface area contributed by atoms with Crippen molar-refractivity contribution in [3.8, 4) is 11.5 Å². The third-order valence-corrected chi connectivity index (χ3v) is 3.01. The van der Waals surface area contributed by atoms with Gasteiger partial charge in [0.05, 0.1) is 19.9 Å². The Morgan fingerprint density at radius 1 is 1.25 bits per heavy atom. The van der Waals surface area contributed by atoms with Crippen molar-refractivity contribution in [2.75, 3.05) is 31.8 Å². The van der Waals surface area contributed by atoms with Gasteiger partial charge in [0, 0.05) is 19.8 Å². The third kappa shape index (κ3) is 3.14. The standard InChI is InChI=1S/C14H20N4O2/c1-18-9-11(15)14(17-18)16-7-6-10-4-5-12(19-2)13(8-10)20-3/h4-5,8-9H,6-7,15H2,1-3H3,(H,16,17). The van der Waals surface area contributed by atoms with Crippen LogP contribution < -0.4 is 20.5 Å². The molecule has 3 N–H and O–H groups in total. The van der Waals surface area contributed by atoms with E-state index in [1.165, 1.54) is 0 Å². The summed E-state index contributed by atoms with van der Waals surface area (Å²) in [5.74, 6) is 2.19. The maximum atomic E-state index is 5.82. The first-order valence-electron chi connectivity index (χ1n) is 6.38. The normalized spacial score (nSPS) is 10.3. The van der Waals surface area contributed by atoms with Gasteiger partial charge in [0.1, 0.15) is 0 Å². The number of nitrogens with one attached hydrogen (secondary N) is 1. The van der Waals surface area contributed by atoms with Gasteiger partial charge in [-0.3, -0.25) is 4.68 Å². The van der Waals surface area contributed by atoms with Crippen LogP contribution in [0.2, 0.25) is 0 Å². The molecular formula is C14H20N4O2. The number of nitrogens with zero attached hydrogens (tertiary/aromatic N) is 2. The summed E-state index contributed by atoms with van der Waals surface area (Å²) in [5.41, 5.74) is 7.63. The van der Waals surface area contributed by atoms with Crippen molar-refractivity contribution in [1.29, 1.82) is 0 Å². The van der Waals surface area contributed by atoms with E-state index in [2.05, 4.69) is 10.4 Å². The van der Waals surface area contributed by atoms with Crippen LogP contribution in [0.25, 0.3) is 0 Å². The summed E-state index contributed by atoms with van der Waals surface area (Å²) in [5, 5.41) is 7.46. The number of hydrogen-bond donors (Lipinski definition) is 2. The van der Waals surface area contributed by atoms with Crippen molar-refractivity contribution in [2.24, 2.45) is 7.05 Å². The van der Waals surface area contributed by atoms with E-state index < -0.39 is 0 Å². The Morgan fingerprint density at radius 3 is 2.60 bits per heavy atom. The Kier molecular flexibility index (Phi) is 4.34. The van der Waals surface area contributed by atoms with Gasteiger partial charge in [-0.15, -0.1) is 0 Å². The molecule has 1 aromatic heterocycles. The first-order valence-corrected chi connectivity index (χ1v) is 6.38. The molecule has 0 saturated heterocycles. The summed E-state index contributed by atoms with van der Waals surface area (Å²) in [7, 11) is 5.10. The van der Waals surface area contributed by atoms with Gasteiger partial charge in [-0.05, 0) is 24.1 Å². The van der Waals surface area contributed by atoms with Crippen LogP contribution >= 0.6 is 0 Å². The maximum absolute atomic E-state index is 5.82. The first kappa shape index (κ1) is 14.0. The van der Waals surface area contributed by atoms with Gasteiger partial charge in [-0.25, -0.2) is 0 Å². The SMILES string of the molecule is COc1ccc(CCNc2nn(C)cc2N)cc1OC. The molecule has 0 aliphatic rings. The Hall–Kier alpha value is -2.37. The molecule has 2 rings (SSSR count). The van der Waals surface area contributed by atoms with Crippen molar-refractivity contribution in [3.05, 3.63) is 30.0 Å². The molecular weight excluding hydrogens is 256 g/mol. The molecule has 1 heterocycles. The Labute approximate surface area is 118 Å². The average molecular weight is 276 g/mol. The molecule has 0 aliphatic carbocycles. The minimum atomic E-state index is 0.653. The maximum Gasteiger partial charge on any atom is 0.171 e. The monoisotopic (exact) mass is 276 g/mol. The number of methoxy groups -OCH3 is 2. The highest BCUT2D eigenvalue weighted by Gasteiger charge is 2.06. The molecule has 0 spiro atoms. The summed E-state index contributed by atoms with van der Waals surface area (Å²) in [6.45, 7) is 0.747. The number of nitrogens with two attached hydrogens (primary N) is 1. The fraction of sp³-hybridized carbons (Fsp3) is 0.357. The van der Waals surface area contributed by atoms with Crippen molar-refractivity contribution in [2.45, 2.75) is 6.42 Å². The lowest BCUT2D eigenvalue weighted by atomic mass is 10.1. The van der Waals surface area contributed by atoms with E-state index in [1.807, 2.05) is 25.2 Å². The summed E-state index contributed by atoms with van der Waals surface area (Å²) in [4.78, 5) is 0. The third-order valence-electron chi connectivity index (χ3n) is 3.01. The number of benzene rings is 1. The Bertz CT molecular complexity index is 581. The smallest absolute Gasteiger partial charge is 0.171 e. The molecule has 0 unspecified atom stereocenters. The first-order chi connectivity index (χ1) is 9.63. The second-order valence-corrected chi connectivity index (χ2v) is 4.47. The van der Waals surface area contributed by atoms with Crippen LogP contribution in [-0.2, 0) is 13.5 Å². The number of aromatic nitrogens is 2. The van der Waals surface area contributed by atoms with E-state index in [0.29, 0.717) is 11.5 Å². The largest absolute Gasteiger partial charge is 0.493 e.